The minimum absolute atomic E-state index is 0.0181. The van der Waals surface area contributed by atoms with Crippen molar-refractivity contribution < 1.29 is 23.4 Å². The van der Waals surface area contributed by atoms with Crippen molar-refractivity contribution >= 4 is 5.97 Å². The molecule has 80 valence electrons. The highest BCUT2D eigenvalue weighted by molar-refractivity contribution is 5.75. The van der Waals surface area contributed by atoms with Gasteiger partial charge in [0, 0.05) is 12.6 Å². The van der Waals surface area contributed by atoms with E-state index in [2.05, 4.69) is 0 Å². The molecule has 0 saturated carbocycles. The van der Waals surface area contributed by atoms with Crippen LogP contribution in [0.15, 0.2) is 0 Å². The van der Waals surface area contributed by atoms with Crippen LogP contribution in [0.1, 0.15) is 6.42 Å². The summed E-state index contributed by atoms with van der Waals surface area (Å²) in [5.74, 6) is -5.70. The Kier molecular flexibility index (Phi) is 2.19. The number of carbonyl (C=O) groups is 1. The Morgan fingerprint density at radius 3 is 2.79 bits per heavy atom. The lowest BCUT2D eigenvalue weighted by Crippen LogP contribution is -2.47. The number of morpholine rings is 1. The lowest BCUT2D eigenvalue weighted by atomic mass is 10.2. The smallest absolute Gasteiger partial charge is 0.375 e. The van der Waals surface area contributed by atoms with Crippen molar-refractivity contribution in [3.05, 3.63) is 0 Å². The number of ether oxygens (including phenoxy) is 1. The predicted octanol–water partition coefficient (Wildman–Crippen LogP) is 0.179. The van der Waals surface area contributed by atoms with Crippen molar-refractivity contribution in [2.24, 2.45) is 0 Å². The van der Waals surface area contributed by atoms with Gasteiger partial charge in [-0.15, -0.1) is 0 Å². The molecule has 6 heteroatoms. The third-order valence-electron chi connectivity index (χ3n) is 2.73. The molecule has 2 unspecified atom stereocenters. The number of fused-ring (bicyclic) bond motifs is 2. The third kappa shape index (κ3) is 1.59. The fourth-order valence-electron chi connectivity index (χ4n) is 2.00. The van der Waals surface area contributed by atoms with E-state index in [4.69, 9.17) is 9.84 Å². The van der Waals surface area contributed by atoms with Gasteiger partial charge in [-0.3, -0.25) is 4.90 Å². The Hall–Kier alpha value is -0.750. The third-order valence-corrected chi connectivity index (χ3v) is 2.73. The lowest BCUT2D eigenvalue weighted by Gasteiger charge is -2.28. The number of carboxylic acid groups (broad SMARTS) is 1. The fraction of sp³-hybridized carbons (Fsp3) is 0.875. The van der Waals surface area contributed by atoms with Gasteiger partial charge in [0.1, 0.15) is 0 Å². The van der Waals surface area contributed by atoms with Gasteiger partial charge >= 0.3 is 11.9 Å². The minimum atomic E-state index is -3.65. The average Bonchev–Trinajstić information content (AvgIpc) is 2.63. The molecule has 0 aromatic heterocycles. The van der Waals surface area contributed by atoms with Gasteiger partial charge < -0.3 is 9.84 Å². The maximum Gasteiger partial charge on any atom is 0.375 e. The summed E-state index contributed by atoms with van der Waals surface area (Å²) in [6.45, 7) is 0.167. The molecule has 2 saturated heterocycles. The first kappa shape index (κ1) is 9.79. The van der Waals surface area contributed by atoms with Crippen molar-refractivity contribution in [3.8, 4) is 0 Å². The van der Waals surface area contributed by atoms with Crippen LogP contribution in [-0.4, -0.2) is 53.7 Å². The van der Waals surface area contributed by atoms with E-state index in [1.165, 1.54) is 4.90 Å². The van der Waals surface area contributed by atoms with Gasteiger partial charge in [0.15, 0.2) is 0 Å². The summed E-state index contributed by atoms with van der Waals surface area (Å²) in [7, 11) is 0. The van der Waals surface area contributed by atoms with Crippen LogP contribution in [0.4, 0.5) is 8.78 Å². The number of carboxylic acids is 1. The fourth-order valence-corrected chi connectivity index (χ4v) is 2.00. The molecule has 2 aliphatic heterocycles. The molecule has 4 nitrogen and oxygen atoms in total. The summed E-state index contributed by atoms with van der Waals surface area (Å²) in [5, 5.41) is 8.26. The van der Waals surface area contributed by atoms with Crippen LogP contribution in [0.3, 0.4) is 0 Å². The second kappa shape index (κ2) is 3.13. The number of likely N-dealkylation sites (tertiary alicyclic amines) is 1. The Morgan fingerprint density at radius 1 is 1.64 bits per heavy atom. The maximum atomic E-state index is 12.8. The van der Waals surface area contributed by atoms with E-state index in [0.717, 1.165) is 6.42 Å². The summed E-state index contributed by atoms with van der Waals surface area (Å²) in [5.41, 5.74) is 0. The van der Waals surface area contributed by atoms with Crippen molar-refractivity contribution in [3.63, 3.8) is 0 Å². The second-order valence-electron chi connectivity index (χ2n) is 3.78. The van der Waals surface area contributed by atoms with Crippen molar-refractivity contribution in [1.29, 1.82) is 0 Å². The molecule has 2 atom stereocenters. The van der Waals surface area contributed by atoms with Gasteiger partial charge in [-0.2, -0.15) is 8.78 Å². The van der Waals surface area contributed by atoms with Crippen molar-refractivity contribution in [1.82, 2.24) is 4.90 Å². The molecule has 0 aromatic rings. The van der Waals surface area contributed by atoms with Gasteiger partial charge in [-0.25, -0.2) is 4.79 Å². The van der Waals surface area contributed by atoms with Crippen molar-refractivity contribution in [2.45, 2.75) is 24.5 Å². The zero-order valence-electron chi connectivity index (χ0n) is 7.45. The molecule has 1 N–H and O–H groups in total. The molecule has 0 spiro atoms. The van der Waals surface area contributed by atoms with Crippen molar-refractivity contribution in [2.75, 3.05) is 19.7 Å². The number of hydrogen-bond acceptors (Lipinski definition) is 3. The highest BCUT2D eigenvalue weighted by Crippen LogP contribution is 2.30. The molecule has 2 fully saturated rings. The summed E-state index contributed by atoms with van der Waals surface area (Å²) in [6, 6.07) is -0.0229. The van der Waals surface area contributed by atoms with Crippen LogP contribution in [-0.2, 0) is 9.53 Å². The average molecular weight is 207 g/mol. The SMILES string of the molecule is O=C(O)C(F)(F)CN1CC2CC1CO2. The van der Waals surface area contributed by atoms with Gasteiger partial charge in [0.25, 0.3) is 0 Å². The summed E-state index contributed by atoms with van der Waals surface area (Å²) < 4.78 is 30.9. The molecule has 2 aliphatic rings. The zero-order valence-corrected chi connectivity index (χ0v) is 7.45. The van der Waals surface area contributed by atoms with E-state index >= 15 is 0 Å². The van der Waals surface area contributed by atoms with Crippen LogP contribution in [0.5, 0.6) is 0 Å². The number of alkyl halides is 2. The maximum absolute atomic E-state index is 12.8. The molecular formula is C8H11F2NO3. The monoisotopic (exact) mass is 207 g/mol. The first-order valence-electron chi connectivity index (χ1n) is 4.46. The van der Waals surface area contributed by atoms with E-state index in [-0.39, 0.29) is 12.1 Å². The molecule has 14 heavy (non-hydrogen) atoms. The topological polar surface area (TPSA) is 49.8 Å². The predicted molar refractivity (Wildman–Crippen MR) is 42.3 cm³/mol. The van der Waals surface area contributed by atoms with Crippen LogP contribution in [0.25, 0.3) is 0 Å². The zero-order chi connectivity index (χ0) is 10.3. The molecule has 2 rings (SSSR count). The molecule has 0 amide bonds. The number of halogens is 2. The first-order chi connectivity index (χ1) is 6.49. The largest absolute Gasteiger partial charge is 0.477 e. The van der Waals surface area contributed by atoms with Gasteiger partial charge in [-0.05, 0) is 6.42 Å². The molecular weight excluding hydrogens is 196 g/mol. The summed E-state index contributed by atoms with van der Waals surface area (Å²) in [6.07, 6.45) is 0.764. The normalized spacial score (nSPS) is 32.4. The van der Waals surface area contributed by atoms with Gasteiger partial charge in [0.05, 0.1) is 19.3 Å². The minimum Gasteiger partial charge on any atom is -0.477 e. The van der Waals surface area contributed by atoms with E-state index in [1.54, 1.807) is 0 Å². The van der Waals surface area contributed by atoms with E-state index in [9.17, 15) is 13.6 Å². The summed E-state index contributed by atoms with van der Waals surface area (Å²) >= 11 is 0. The molecule has 2 bridgehead atoms. The Bertz CT molecular complexity index is 259. The number of rotatable bonds is 3. The Morgan fingerprint density at radius 2 is 2.36 bits per heavy atom. The lowest BCUT2D eigenvalue weighted by molar-refractivity contribution is -0.168. The molecule has 0 radical (unpaired) electrons. The second-order valence-corrected chi connectivity index (χ2v) is 3.78. The summed E-state index contributed by atoms with van der Waals surface area (Å²) in [4.78, 5) is 11.7. The molecule has 0 aromatic carbocycles. The van der Waals surface area contributed by atoms with Gasteiger partial charge in [0.2, 0.25) is 0 Å². The number of hydrogen-bond donors (Lipinski definition) is 1. The van der Waals surface area contributed by atoms with E-state index in [0.29, 0.717) is 13.2 Å². The van der Waals surface area contributed by atoms with Crippen LogP contribution >= 0.6 is 0 Å². The standard InChI is InChI=1S/C8H11F2NO3/c9-8(10,7(12)13)4-11-2-6-1-5(11)3-14-6/h5-6H,1-4H2,(H,12,13). The van der Waals surface area contributed by atoms with Crippen LogP contribution in [0.2, 0.25) is 0 Å². The van der Waals surface area contributed by atoms with Gasteiger partial charge in [-0.1, -0.05) is 0 Å². The van der Waals surface area contributed by atoms with E-state index in [1.807, 2.05) is 0 Å². The Labute approximate surface area is 79.4 Å². The molecule has 0 aliphatic carbocycles. The first-order valence-corrected chi connectivity index (χ1v) is 4.46. The Balaban J connectivity index is 1.95. The highest BCUT2D eigenvalue weighted by Gasteiger charge is 2.47. The van der Waals surface area contributed by atoms with Crippen LogP contribution < -0.4 is 0 Å². The van der Waals surface area contributed by atoms with Crippen LogP contribution in [0, 0.1) is 0 Å². The molecule has 2 heterocycles. The number of nitrogens with zero attached hydrogens (tertiary/aromatic N) is 1. The highest BCUT2D eigenvalue weighted by atomic mass is 19.3. The number of aliphatic carboxylic acids is 1. The van der Waals surface area contributed by atoms with E-state index < -0.39 is 18.4 Å². The quantitative estimate of drug-likeness (QED) is 0.717.